The van der Waals surface area contributed by atoms with Crippen molar-refractivity contribution in [2.75, 3.05) is 13.1 Å². The fourth-order valence-corrected chi connectivity index (χ4v) is 3.07. The number of hydrogen-bond donors (Lipinski definition) is 2. The Hall–Kier alpha value is -1.85. The molecule has 1 aromatic carbocycles. The lowest BCUT2D eigenvalue weighted by Gasteiger charge is -2.32. The molecule has 0 saturated carbocycles. The first-order valence-electron chi connectivity index (χ1n) is 8.18. The van der Waals surface area contributed by atoms with Crippen LogP contribution in [0.25, 0.3) is 5.69 Å². The minimum Gasteiger partial charge on any atom is -0.351 e. The molecule has 24 heavy (non-hydrogen) atoms. The average molecular weight is 349 g/mol. The molecule has 6 heteroatoms. The number of aromatic nitrogens is 2. The summed E-state index contributed by atoms with van der Waals surface area (Å²) in [6, 6.07) is 10.0. The zero-order valence-electron chi connectivity index (χ0n) is 14.2. The minimum atomic E-state index is -0.310. The number of nitrogens with one attached hydrogen (secondary N) is 2. The number of aryl methyl sites for hydroxylation is 1. The van der Waals surface area contributed by atoms with Gasteiger partial charge in [0.2, 0.25) is 5.91 Å². The Morgan fingerprint density at radius 2 is 2.17 bits per heavy atom. The second-order valence-corrected chi connectivity index (χ2v) is 6.55. The molecule has 1 aliphatic rings. The summed E-state index contributed by atoms with van der Waals surface area (Å²) in [5, 5.41) is 10.9. The Kier molecular flexibility index (Phi) is 6.02. The molecule has 1 aliphatic heterocycles. The summed E-state index contributed by atoms with van der Waals surface area (Å²) < 4.78 is 1.86. The number of carbonyl (C=O) groups excluding carboxylic acids is 1. The molecule has 0 aliphatic carbocycles. The Morgan fingerprint density at radius 1 is 1.38 bits per heavy atom. The number of benzene rings is 1. The summed E-state index contributed by atoms with van der Waals surface area (Å²) in [6.45, 7) is 6.28. The van der Waals surface area contributed by atoms with E-state index in [1.165, 1.54) is 0 Å². The second kappa shape index (κ2) is 7.81. The molecule has 1 atom stereocenters. The van der Waals surface area contributed by atoms with E-state index in [0.29, 0.717) is 6.54 Å². The third-order valence-corrected chi connectivity index (χ3v) is 4.55. The third-order valence-electron chi connectivity index (χ3n) is 4.55. The van der Waals surface area contributed by atoms with E-state index >= 15 is 0 Å². The van der Waals surface area contributed by atoms with Crippen molar-refractivity contribution in [3.05, 3.63) is 47.8 Å². The van der Waals surface area contributed by atoms with Crippen LogP contribution in [0.2, 0.25) is 0 Å². The van der Waals surface area contributed by atoms with Gasteiger partial charge in [0.05, 0.1) is 16.8 Å². The van der Waals surface area contributed by atoms with E-state index in [9.17, 15) is 4.79 Å². The first kappa shape index (κ1) is 18.5. The van der Waals surface area contributed by atoms with Crippen LogP contribution in [0, 0.1) is 12.3 Å². The van der Waals surface area contributed by atoms with E-state index in [0.717, 1.165) is 42.9 Å². The minimum absolute atomic E-state index is 0. The first-order chi connectivity index (χ1) is 11.1. The number of nitrogens with zero attached hydrogens (tertiary/aromatic N) is 2. The maximum atomic E-state index is 12.6. The molecule has 0 radical (unpaired) electrons. The summed E-state index contributed by atoms with van der Waals surface area (Å²) in [6.07, 6.45) is 3.93. The number of rotatable bonds is 4. The Balaban J connectivity index is 0.00000208. The highest BCUT2D eigenvalue weighted by atomic mass is 35.5. The quantitative estimate of drug-likeness (QED) is 0.893. The molecule has 5 nitrogen and oxygen atoms in total. The van der Waals surface area contributed by atoms with Gasteiger partial charge in [0.15, 0.2) is 0 Å². The fourth-order valence-electron chi connectivity index (χ4n) is 3.07. The van der Waals surface area contributed by atoms with Gasteiger partial charge in [-0.1, -0.05) is 18.2 Å². The van der Waals surface area contributed by atoms with E-state index in [1.807, 2.05) is 55.1 Å². The topological polar surface area (TPSA) is 59.0 Å². The van der Waals surface area contributed by atoms with Crippen LogP contribution in [0.5, 0.6) is 0 Å². The van der Waals surface area contributed by atoms with Crippen LogP contribution in [0.1, 0.15) is 31.0 Å². The summed E-state index contributed by atoms with van der Waals surface area (Å²) in [7, 11) is 0. The van der Waals surface area contributed by atoms with Gasteiger partial charge < -0.3 is 10.6 Å². The molecule has 2 aromatic rings. The Bertz CT molecular complexity index is 692. The van der Waals surface area contributed by atoms with E-state index in [2.05, 4.69) is 15.7 Å². The Morgan fingerprint density at radius 3 is 2.83 bits per heavy atom. The van der Waals surface area contributed by atoms with Crippen molar-refractivity contribution in [2.45, 2.75) is 33.2 Å². The zero-order valence-corrected chi connectivity index (χ0v) is 15.0. The predicted octanol–water partition coefficient (Wildman–Crippen LogP) is 2.61. The van der Waals surface area contributed by atoms with Gasteiger partial charge in [0.1, 0.15) is 0 Å². The van der Waals surface area contributed by atoms with Crippen LogP contribution in [0.3, 0.4) is 0 Å². The number of hydrogen-bond acceptors (Lipinski definition) is 3. The molecule has 130 valence electrons. The molecular formula is C18H25ClN4O. The van der Waals surface area contributed by atoms with E-state index in [-0.39, 0.29) is 23.7 Å². The van der Waals surface area contributed by atoms with Gasteiger partial charge in [-0.15, -0.1) is 12.4 Å². The molecule has 3 rings (SSSR count). The van der Waals surface area contributed by atoms with Gasteiger partial charge in [-0.05, 0) is 50.9 Å². The lowest BCUT2D eigenvalue weighted by atomic mass is 9.82. The van der Waals surface area contributed by atoms with Gasteiger partial charge in [-0.2, -0.15) is 5.10 Å². The van der Waals surface area contributed by atoms with Crippen LogP contribution in [-0.2, 0) is 11.3 Å². The van der Waals surface area contributed by atoms with E-state index in [4.69, 9.17) is 0 Å². The van der Waals surface area contributed by atoms with Crippen molar-refractivity contribution >= 4 is 18.3 Å². The fraction of sp³-hybridized carbons (Fsp3) is 0.444. The molecule has 1 unspecified atom stereocenters. The molecule has 2 heterocycles. The lowest BCUT2D eigenvalue weighted by Crippen LogP contribution is -2.48. The SMILES string of the molecule is Cc1ccn(-c2ccccc2CNC(=O)C2(C)CCCNC2)n1.Cl. The van der Waals surface area contributed by atoms with Crippen LogP contribution in [-0.4, -0.2) is 28.8 Å². The molecule has 1 saturated heterocycles. The lowest BCUT2D eigenvalue weighted by molar-refractivity contribution is -0.131. The van der Waals surface area contributed by atoms with Gasteiger partial charge in [0.25, 0.3) is 0 Å². The summed E-state index contributed by atoms with van der Waals surface area (Å²) in [5.74, 6) is 0.121. The van der Waals surface area contributed by atoms with E-state index in [1.54, 1.807) is 0 Å². The molecule has 1 amide bonds. The molecule has 0 spiro atoms. The van der Waals surface area contributed by atoms with Gasteiger partial charge in [0, 0.05) is 19.3 Å². The summed E-state index contributed by atoms with van der Waals surface area (Å²) in [5.41, 5.74) is 2.74. The van der Waals surface area contributed by atoms with E-state index < -0.39 is 0 Å². The molecular weight excluding hydrogens is 324 g/mol. The maximum absolute atomic E-state index is 12.6. The monoisotopic (exact) mass is 348 g/mol. The number of piperidine rings is 1. The smallest absolute Gasteiger partial charge is 0.227 e. The molecule has 1 aromatic heterocycles. The van der Waals surface area contributed by atoms with Gasteiger partial charge >= 0.3 is 0 Å². The van der Waals surface area contributed by atoms with Crippen LogP contribution in [0.4, 0.5) is 0 Å². The number of amides is 1. The van der Waals surface area contributed by atoms with Crippen LogP contribution >= 0.6 is 12.4 Å². The van der Waals surface area contributed by atoms with Gasteiger partial charge in [-0.25, -0.2) is 4.68 Å². The highest BCUT2D eigenvalue weighted by Crippen LogP contribution is 2.25. The standard InChI is InChI=1S/C18H24N4O.ClH/c1-14-8-11-22(21-14)16-7-4-3-6-15(16)12-20-17(23)18(2)9-5-10-19-13-18;/h3-4,6-8,11,19H,5,9-10,12-13H2,1-2H3,(H,20,23);1H. The van der Waals surface area contributed by atoms with Crippen molar-refractivity contribution in [3.63, 3.8) is 0 Å². The predicted molar refractivity (Wildman–Crippen MR) is 97.6 cm³/mol. The van der Waals surface area contributed by atoms with Crippen LogP contribution in [0.15, 0.2) is 36.5 Å². The van der Waals surface area contributed by atoms with Crippen molar-refractivity contribution in [2.24, 2.45) is 5.41 Å². The molecule has 1 fully saturated rings. The van der Waals surface area contributed by atoms with Crippen molar-refractivity contribution in [1.29, 1.82) is 0 Å². The average Bonchev–Trinajstić information content (AvgIpc) is 3.00. The highest BCUT2D eigenvalue weighted by Gasteiger charge is 2.34. The molecule has 2 N–H and O–H groups in total. The molecule has 0 bridgehead atoms. The van der Waals surface area contributed by atoms with Crippen molar-refractivity contribution in [3.8, 4) is 5.69 Å². The summed E-state index contributed by atoms with van der Waals surface area (Å²) in [4.78, 5) is 12.6. The van der Waals surface area contributed by atoms with Crippen molar-refractivity contribution in [1.82, 2.24) is 20.4 Å². The first-order valence-corrected chi connectivity index (χ1v) is 8.18. The van der Waals surface area contributed by atoms with Crippen molar-refractivity contribution < 1.29 is 4.79 Å². The zero-order chi connectivity index (χ0) is 16.3. The summed E-state index contributed by atoms with van der Waals surface area (Å²) >= 11 is 0. The Labute approximate surface area is 149 Å². The second-order valence-electron chi connectivity index (χ2n) is 6.55. The maximum Gasteiger partial charge on any atom is 0.227 e. The highest BCUT2D eigenvalue weighted by molar-refractivity contribution is 5.85. The number of para-hydroxylation sites is 1. The third kappa shape index (κ3) is 3.97. The normalized spacial score (nSPS) is 20.2. The number of halogens is 1. The largest absolute Gasteiger partial charge is 0.351 e. The van der Waals surface area contributed by atoms with Crippen LogP contribution < -0.4 is 10.6 Å². The van der Waals surface area contributed by atoms with Gasteiger partial charge in [-0.3, -0.25) is 4.79 Å². The number of carbonyl (C=O) groups is 1.